The smallest absolute Gasteiger partial charge is 0.191 e. The van der Waals surface area contributed by atoms with Gasteiger partial charge in [0.05, 0.1) is 0 Å². The van der Waals surface area contributed by atoms with Crippen LogP contribution in [0.5, 0.6) is 5.75 Å². The van der Waals surface area contributed by atoms with Crippen LogP contribution in [0.2, 0.25) is 0 Å². The van der Waals surface area contributed by atoms with Crippen LogP contribution in [0.1, 0.15) is 29.8 Å². The summed E-state index contributed by atoms with van der Waals surface area (Å²) in [4.78, 5) is 11.6. The highest BCUT2D eigenvalue weighted by molar-refractivity contribution is 6.02. The fraction of sp³-hybridized carbons (Fsp3) is 0.250. The number of benzene rings is 1. The number of allylic oxidation sites excluding steroid dienone is 1. The Labute approximate surface area is 88.7 Å². The van der Waals surface area contributed by atoms with Crippen LogP contribution in [0.3, 0.4) is 0 Å². The Bertz CT molecular complexity index is 392. The molecule has 0 radical (unpaired) electrons. The predicted molar refractivity (Wildman–Crippen MR) is 58.8 cm³/mol. The number of phenols is 1. The van der Waals surface area contributed by atoms with Crippen LogP contribution in [-0.4, -0.2) is 22.1 Å². The molecule has 0 spiro atoms. The summed E-state index contributed by atoms with van der Waals surface area (Å²) in [6.07, 6.45) is 2.50. The Kier molecular flexibility index (Phi) is 3.63. The Morgan fingerprint density at radius 3 is 2.67 bits per heavy atom. The minimum absolute atomic E-state index is 0.0206. The maximum absolute atomic E-state index is 11.6. The van der Waals surface area contributed by atoms with Crippen molar-refractivity contribution in [1.82, 2.24) is 0 Å². The SMILES string of the molecule is CC=Cc1ccc(O)cc1C(=O)[C@@H](C)O. The topological polar surface area (TPSA) is 57.5 Å². The van der Waals surface area contributed by atoms with E-state index >= 15 is 0 Å². The van der Waals surface area contributed by atoms with E-state index in [4.69, 9.17) is 0 Å². The lowest BCUT2D eigenvalue weighted by atomic mass is 10.00. The van der Waals surface area contributed by atoms with E-state index in [0.29, 0.717) is 11.1 Å². The van der Waals surface area contributed by atoms with E-state index < -0.39 is 6.10 Å². The van der Waals surface area contributed by atoms with Gasteiger partial charge in [-0.2, -0.15) is 0 Å². The van der Waals surface area contributed by atoms with E-state index in [1.54, 1.807) is 18.2 Å². The number of hydrogen-bond acceptors (Lipinski definition) is 3. The third kappa shape index (κ3) is 2.67. The first-order valence-electron chi connectivity index (χ1n) is 4.74. The van der Waals surface area contributed by atoms with Crippen LogP contribution in [0.4, 0.5) is 0 Å². The number of phenolic OH excluding ortho intramolecular Hbond substituents is 1. The Morgan fingerprint density at radius 2 is 2.13 bits per heavy atom. The van der Waals surface area contributed by atoms with Gasteiger partial charge in [0.25, 0.3) is 0 Å². The van der Waals surface area contributed by atoms with Crippen molar-refractivity contribution in [2.24, 2.45) is 0 Å². The number of ketones is 1. The molecule has 2 N–H and O–H groups in total. The molecule has 0 amide bonds. The van der Waals surface area contributed by atoms with Crippen molar-refractivity contribution >= 4 is 11.9 Å². The molecule has 1 atom stereocenters. The average Bonchev–Trinajstić information content (AvgIpc) is 2.20. The molecule has 0 fully saturated rings. The number of aromatic hydroxyl groups is 1. The Morgan fingerprint density at radius 1 is 1.47 bits per heavy atom. The van der Waals surface area contributed by atoms with Gasteiger partial charge >= 0.3 is 0 Å². The monoisotopic (exact) mass is 206 g/mol. The first-order chi connectivity index (χ1) is 7.06. The van der Waals surface area contributed by atoms with E-state index in [9.17, 15) is 15.0 Å². The first kappa shape index (κ1) is 11.5. The molecule has 0 aliphatic carbocycles. The van der Waals surface area contributed by atoms with Crippen LogP contribution in [0.15, 0.2) is 24.3 Å². The summed E-state index contributed by atoms with van der Waals surface area (Å²) >= 11 is 0. The van der Waals surface area contributed by atoms with Crippen molar-refractivity contribution in [3.8, 4) is 5.75 Å². The summed E-state index contributed by atoms with van der Waals surface area (Å²) in [6.45, 7) is 3.25. The minimum Gasteiger partial charge on any atom is -0.508 e. The minimum atomic E-state index is -1.06. The lowest BCUT2D eigenvalue weighted by Gasteiger charge is -2.07. The second kappa shape index (κ2) is 4.75. The lowest BCUT2D eigenvalue weighted by Crippen LogP contribution is -2.17. The van der Waals surface area contributed by atoms with Crippen LogP contribution in [0.25, 0.3) is 6.08 Å². The van der Waals surface area contributed by atoms with Gasteiger partial charge in [-0.3, -0.25) is 4.79 Å². The molecule has 3 heteroatoms. The third-order valence-corrected chi connectivity index (χ3v) is 2.03. The van der Waals surface area contributed by atoms with Crippen molar-refractivity contribution in [3.63, 3.8) is 0 Å². The van der Waals surface area contributed by atoms with Gasteiger partial charge in [-0.25, -0.2) is 0 Å². The molecule has 15 heavy (non-hydrogen) atoms. The van der Waals surface area contributed by atoms with E-state index in [2.05, 4.69) is 0 Å². The van der Waals surface area contributed by atoms with Crippen molar-refractivity contribution in [1.29, 1.82) is 0 Å². The zero-order valence-electron chi connectivity index (χ0n) is 8.77. The fourth-order valence-electron chi connectivity index (χ4n) is 1.31. The predicted octanol–water partition coefficient (Wildman–Crippen LogP) is 1.99. The first-order valence-corrected chi connectivity index (χ1v) is 4.74. The molecule has 0 saturated heterocycles. The standard InChI is InChI=1S/C12H14O3/c1-3-4-9-5-6-10(14)7-11(9)12(15)8(2)13/h3-8,13-14H,1-2H3/t8-/m1/s1. The maximum Gasteiger partial charge on any atom is 0.191 e. The van der Waals surface area contributed by atoms with E-state index in [1.807, 2.05) is 6.92 Å². The summed E-state index contributed by atoms with van der Waals surface area (Å²) in [5.74, 6) is -0.369. The van der Waals surface area contributed by atoms with Crippen LogP contribution in [0, 0.1) is 0 Å². The summed E-state index contributed by atoms with van der Waals surface area (Å²) in [5.41, 5.74) is 1.03. The molecule has 80 valence electrons. The lowest BCUT2D eigenvalue weighted by molar-refractivity contribution is 0.0779. The number of aliphatic hydroxyl groups is 1. The molecule has 0 aliphatic rings. The summed E-state index contributed by atoms with van der Waals surface area (Å²) < 4.78 is 0. The van der Waals surface area contributed by atoms with Gasteiger partial charge in [0, 0.05) is 5.56 Å². The van der Waals surface area contributed by atoms with Gasteiger partial charge in [-0.1, -0.05) is 18.2 Å². The normalized spacial score (nSPS) is 13.0. The van der Waals surface area contributed by atoms with Gasteiger partial charge < -0.3 is 10.2 Å². The molecule has 0 heterocycles. The quantitative estimate of drug-likeness (QED) is 0.743. The number of carbonyl (C=O) groups excluding carboxylic acids is 1. The number of hydrogen-bond donors (Lipinski definition) is 2. The van der Waals surface area contributed by atoms with Gasteiger partial charge in [-0.05, 0) is 31.5 Å². The molecule has 0 unspecified atom stereocenters. The summed E-state index contributed by atoms with van der Waals surface area (Å²) in [7, 11) is 0. The van der Waals surface area contributed by atoms with Crippen LogP contribution < -0.4 is 0 Å². The van der Waals surface area contributed by atoms with Crippen LogP contribution in [-0.2, 0) is 0 Å². The highest BCUT2D eigenvalue weighted by Crippen LogP contribution is 2.19. The maximum atomic E-state index is 11.6. The van der Waals surface area contributed by atoms with Gasteiger partial charge in [0.15, 0.2) is 5.78 Å². The molecule has 1 rings (SSSR count). The van der Waals surface area contributed by atoms with Gasteiger partial charge in [0.1, 0.15) is 11.9 Å². The van der Waals surface area contributed by atoms with Crippen molar-refractivity contribution in [2.75, 3.05) is 0 Å². The largest absolute Gasteiger partial charge is 0.508 e. The van der Waals surface area contributed by atoms with E-state index in [-0.39, 0.29) is 11.5 Å². The molecular formula is C12H14O3. The Hall–Kier alpha value is -1.61. The molecule has 0 bridgehead atoms. The molecular weight excluding hydrogens is 192 g/mol. The molecule has 3 nitrogen and oxygen atoms in total. The Balaban J connectivity index is 3.24. The molecule has 0 saturated carbocycles. The van der Waals surface area contributed by atoms with E-state index in [0.717, 1.165) is 0 Å². The number of carbonyl (C=O) groups is 1. The van der Waals surface area contributed by atoms with Crippen molar-refractivity contribution in [3.05, 3.63) is 35.4 Å². The highest BCUT2D eigenvalue weighted by atomic mass is 16.3. The molecule has 1 aromatic rings. The molecule has 1 aromatic carbocycles. The molecule has 0 aromatic heterocycles. The third-order valence-electron chi connectivity index (χ3n) is 2.03. The number of aliphatic hydroxyl groups excluding tert-OH is 1. The van der Waals surface area contributed by atoms with E-state index in [1.165, 1.54) is 19.1 Å². The number of rotatable bonds is 3. The fourth-order valence-corrected chi connectivity index (χ4v) is 1.31. The van der Waals surface area contributed by atoms with Crippen LogP contribution >= 0.6 is 0 Å². The van der Waals surface area contributed by atoms with Gasteiger partial charge in [-0.15, -0.1) is 0 Å². The second-order valence-electron chi connectivity index (χ2n) is 3.31. The zero-order valence-corrected chi connectivity index (χ0v) is 8.77. The molecule has 0 aliphatic heterocycles. The van der Waals surface area contributed by atoms with Crippen molar-refractivity contribution in [2.45, 2.75) is 20.0 Å². The second-order valence-corrected chi connectivity index (χ2v) is 3.31. The highest BCUT2D eigenvalue weighted by Gasteiger charge is 2.15. The average molecular weight is 206 g/mol. The van der Waals surface area contributed by atoms with Gasteiger partial charge in [0.2, 0.25) is 0 Å². The zero-order chi connectivity index (χ0) is 11.4. The summed E-state index contributed by atoms with van der Waals surface area (Å²) in [5, 5.41) is 18.5. The van der Waals surface area contributed by atoms with Crippen molar-refractivity contribution < 1.29 is 15.0 Å². The summed E-state index contributed by atoms with van der Waals surface area (Å²) in [6, 6.07) is 4.52. The number of Topliss-reactive ketones (excluding diaryl/α,β-unsaturated/α-hetero) is 1.